The molecule has 1 saturated heterocycles. The zero-order valence-electron chi connectivity index (χ0n) is 12.1. The summed E-state index contributed by atoms with van der Waals surface area (Å²) in [5.74, 6) is -0.326. The molecule has 21 heavy (non-hydrogen) atoms. The highest BCUT2D eigenvalue weighted by Gasteiger charge is 2.30. The summed E-state index contributed by atoms with van der Waals surface area (Å²) < 4.78 is 31.5. The fourth-order valence-corrected chi connectivity index (χ4v) is 4.41. The molecule has 2 atom stereocenters. The van der Waals surface area contributed by atoms with E-state index in [1.54, 1.807) is 12.1 Å². The number of hydrogen-bond acceptors (Lipinski definition) is 5. The Labute approximate surface area is 129 Å². The maximum atomic E-state index is 12.3. The van der Waals surface area contributed by atoms with Gasteiger partial charge in [-0.3, -0.25) is 4.79 Å². The van der Waals surface area contributed by atoms with Crippen LogP contribution in [-0.4, -0.2) is 56.2 Å². The van der Waals surface area contributed by atoms with E-state index in [0.29, 0.717) is 18.0 Å². The lowest BCUT2D eigenvalue weighted by molar-refractivity contribution is -0.0440. The van der Waals surface area contributed by atoms with Gasteiger partial charge in [-0.15, -0.1) is 11.3 Å². The zero-order chi connectivity index (χ0) is 15.5. The number of ether oxygens (including phenoxy) is 1. The fourth-order valence-electron chi connectivity index (χ4n) is 2.28. The average Bonchev–Trinajstić information content (AvgIpc) is 2.91. The van der Waals surface area contributed by atoms with Crippen molar-refractivity contribution in [3.63, 3.8) is 0 Å². The summed E-state index contributed by atoms with van der Waals surface area (Å²) in [6.45, 7) is 4.56. The quantitative estimate of drug-likeness (QED) is 0.870. The van der Waals surface area contributed by atoms with Crippen LogP contribution in [-0.2, 0) is 14.8 Å². The van der Waals surface area contributed by atoms with Crippen molar-refractivity contribution in [3.05, 3.63) is 22.4 Å². The zero-order valence-corrected chi connectivity index (χ0v) is 13.7. The number of amides is 1. The third-order valence-corrected chi connectivity index (χ3v) is 5.84. The van der Waals surface area contributed by atoms with Crippen LogP contribution < -0.4 is 5.32 Å². The van der Waals surface area contributed by atoms with Gasteiger partial charge in [-0.1, -0.05) is 6.07 Å². The number of rotatable bonds is 5. The summed E-state index contributed by atoms with van der Waals surface area (Å²) in [6, 6.07) is 3.49. The van der Waals surface area contributed by atoms with E-state index in [1.807, 2.05) is 19.2 Å². The second-order valence-electron chi connectivity index (χ2n) is 5.12. The normalized spacial score (nSPS) is 23.9. The predicted molar refractivity (Wildman–Crippen MR) is 82.0 cm³/mol. The van der Waals surface area contributed by atoms with Crippen LogP contribution in [0.1, 0.15) is 23.5 Å². The molecule has 1 amide bonds. The number of thiophene rings is 1. The van der Waals surface area contributed by atoms with Gasteiger partial charge in [0, 0.05) is 19.6 Å². The molecule has 8 heteroatoms. The van der Waals surface area contributed by atoms with Crippen LogP contribution in [0.5, 0.6) is 0 Å². The van der Waals surface area contributed by atoms with E-state index in [0.717, 1.165) is 0 Å². The first-order chi connectivity index (χ1) is 9.88. The number of nitrogens with zero attached hydrogens (tertiary/aromatic N) is 1. The molecule has 1 aromatic rings. The summed E-state index contributed by atoms with van der Waals surface area (Å²) in [7, 11) is -3.37. The molecule has 0 saturated carbocycles. The fraction of sp³-hybridized carbons (Fsp3) is 0.615. The van der Waals surface area contributed by atoms with Crippen LogP contribution in [0, 0.1) is 0 Å². The Hall–Kier alpha value is -0.960. The highest BCUT2D eigenvalue weighted by molar-refractivity contribution is 7.89. The molecule has 0 unspecified atom stereocenters. The molecule has 1 N–H and O–H groups in total. The molecule has 1 aliphatic heterocycles. The molecule has 0 aromatic carbocycles. The minimum absolute atomic E-state index is 0.0937. The van der Waals surface area contributed by atoms with Crippen molar-refractivity contribution < 1.29 is 17.9 Å². The Morgan fingerprint density at radius 1 is 1.43 bits per heavy atom. The highest BCUT2D eigenvalue weighted by Crippen LogP contribution is 2.14. The number of carbonyl (C=O) groups is 1. The molecule has 6 nitrogen and oxygen atoms in total. The largest absolute Gasteiger partial charge is 0.373 e. The van der Waals surface area contributed by atoms with Crippen molar-refractivity contribution in [2.45, 2.75) is 26.1 Å². The molecule has 118 valence electrons. The molecule has 0 bridgehead atoms. The van der Waals surface area contributed by atoms with Crippen molar-refractivity contribution in [1.29, 1.82) is 0 Å². The number of sulfonamides is 1. The molecule has 1 aliphatic rings. The molecule has 1 fully saturated rings. The number of hydrogen-bond donors (Lipinski definition) is 1. The second kappa shape index (κ2) is 6.87. The van der Waals surface area contributed by atoms with Crippen LogP contribution in [0.15, 0.2) is 17.5 Å². The first-order valence-corrected chi connectivity index (χ1v) is 9.32. The van der Waals surface area contributed by atoms with E-state index in [4.69, 9.17) is 4.74 Å². The van der Waals surface area contributed by atoms with E-state index >= 15 is 0 Å². The molecule has 1 aromatic heterocycles. The van der Waals surface area contributed by atoms with Gasteiger partial charge in [0.05, 0.1) is 22.8 Å². The third kappa shape index (κ3) is 4.50. The first kappa shape index (κ1) is 16.4. The number of nitrogens with one attached hydrogen (secondary N) is 1. The minimum atomic E-state index is -3.37. The lowest BCUT2D eigenvalue weighted by Crippen LogP contribution is -2.49. The summed E-state index contributed by atoms with van der Waals surface area (Å²) in [5, 5.41) is 4.44. The summed E-state index contributed by atoms with van der Waals surface area (Å²) in [4.78, 5) is 12.3. The third-order valence-electron chi connectivity index (χ3n) is 3.17. The summed E-state index contributed by atoms with van der Waals surface area (Å²) in [5.41, 5.74) is 0. The first-order valence-electron chi connectivity index (χ1n) is 6.83. The SMILES string of the molecule is C[C@@H]1CN(S(=O)(=O)CCNC(=O)c2cccs2)C[C@H](C)O1. The van der Waals surface area contributed by atoms with Crippen molar-refractivity contribution in [1.82, 2.24) is 9.62 Å². The van der Waals surface area contributed by atoms with Gasteiger partial charge in [-0.25, -0.2) is 8.42 Å². The van der Waals surface area contributed by atoms with Crippen LogP contribution >= 0.6 is 11.3 Å². The second-order valence-corrected chi connectivity index (χ2v) is 8.16. The van der Waals surface area contributed by atoms with Crippen molar-refractivity contribution >= 4 is 27.3 Å². The smallest absolute Gasteiger partial charge is 0.261 e. The van der Waals surface area contributed by atoms with Gasteiger partial charge in [-0.2, -0.15) is 4.31 Å². The Morgan fingerprint density at radius 2 is 2.10 bits per heavy atom. The maximum absolute atomic E-state index is 12.3. The molecule has 2 heterocycles. The average molecular weight is 332 g/mol. The monoisotopic (exact) mass is 332 g/mol. The van der Waals surface area contributed by atoms with Crippen LogP contribution in [0.25, 0.3) is 0 Å². The Balaban J connectivity index is 1.85. The van der Waals surface area contributed by atoms with Gasteiger partial charge in [0.2, 0.25) is 10.0 Å². The number of morpholine rings is 1. The molecular weight excluding hydrogens is 312 g/mol. The molecular formula is C13H20N2O4S2. The Bertz CT molecular complexity index is 561. The maximum Gasteiger partial charge on any atom is 0.261 e. The molecule has 0 radical (unpaired) electrons. The van der Waals surface area contributed by atoms with Crippen LogP contribution in [0.2, 0.25) is 0 Å². The molecule has 0 spiro atoms. The molecule has 2 rings (SSSR count). The van der Waals surface area contributed by atoms with E-state index in [9.17, 15) is 13.2 Å². The Kier molecular flexibility index (Phi) is 5.37. The molecule has 0 aliphatic carbocycles. The van der Waals surface area contributed by atoms with Gasteiger partial charge >= 0.3 is 0 Å². The van der Waals surface area contributed by atoms with Crippen molar-refractivity contribution in [2.24, 2.45) is 0 Å². The van der Waals surface area contributed by atoms with Crippen molar-refractivity contribution in [3.8, 4) is 0 Å². The topological polar surface area (TPSA) is 75.7 Å². The van der Waals surface area contributed by atoms with E-state index in [-0.39, 0.29) is 30.4 Å². The van der Waals surface area contributed by atoms with E-state index < -0.39 is 10.0 Å². The lowest BCUT2D eigenvalue weighted by atomic mass is 10.3. The predicted octanol–water partition coefficient (Wildman–Crippen LogP) is 0.917. The van der Waals surface area contributed by atoms with Crippen molar-refractivity contribution in [2.75, 3.05) is 25.4 Å². The van der Waals surface area contributed by atoms with Gasteiger partial charge in [0.1, 0.15) is 0 Å². The van der Waals surface area contributed by atoms with E-state index in [2.05, 4.69) is 5.32 Å². The summed E-state index contributed by atoms with van der Waals surface area (Å²) in [6.07, 6.45) is -0.214. The van der Waals surface area contributed by atoms with Gasteiger partial charge < -0.3 is 10.1 Å². The lowest BCUT2D eigenvalue weighted by Gasteiger charge is -2.34. The summed E-state index contributed by atoms with van der Waals surface area (Å²) >= 11 is 1.33. The number of carbonyl (C=O) groups excluding carboxylic acids is 1. The van der Waals surface area contributed by atoms with Gasteiger partial charge in [0.15, 0.2) is 0 Å². The van der Waals surface area contributed by atoms with Gasteiger partial charge in [-0.05, 0) is 25.3 Å². The van der Waals surface area contributed by atoms with Crippen LogP contribution in [0.4, 0.5) is 0 Å². The van der Waals surface area contributed by atoms with Gasteiger partial charge in [0.25, 0.3) is 5.91 Å². The highest BCUT2D eigenvalue weighted by atomic mass is 32.2. The Morgan fingerprint density at radius 3 is 2.67 bits per heavy atom. The van der Waals surface area contributed by atoms with Crippen LogP contribution in [0.3, 0.4) is 0 Å². The van der Waals surface area contributed by atoms with E-state index in [1.165, 1.54) is 15.6 Å². The standard InChI is InChI=1S/C13H20N2O4S2/c1-10-8-15(9-11(2)19-10)21(17,18)7-5-14-13(16)12-4-3-6-20-12/h3-4,6,10-11H,5,7-9H2,1-2H3,(H,14,16)/t10-,11+. The minimum Gasteiger partial charge on any atom is -0.373 e.